The van der Waals surface area contributed by atoms with E-state index in [4.69, 9.17) is 18.9 Å². The summed E-state index contributed by atoms with van der Waals surface area (Å²) in [6, 6.07) is 3.89. The molecule has 0 saturated carbocycles. The summed E-state index contributed by atoms with van der Waals surface area (Å²) in [6.45, 7) is 9.21. The highest BCUT2D eigenvalue weighted by Gasteiger charge is 2.21. The van der Waals surface area contributed by atoms with Crippen LogP contribution in [0.5, 0.6) is 17.2 Å². The summed E-state index contributed by atoms with van der Waals surface area (Å²) < 4.78 is 21.6. The second-order valence-corrected chi connectivity index (χ2v) is 7.96. The molecule has 0 atom stereocenters. The van der Waals surface area contributed by atoms with E-state index in [1.807, 2.05) is 26.0 Å². The maximum Gasteiger partial charge on any atom is 0.415 e. The molecule has 1 aromatic rings. The highest BCUT2D eigenvalue weighted by atomic mass is 16.6. The van der Waals surface area contributed by atoms with Gasteiger partial charge in [0.25, 0.3) is 0 Å². The number of esters is 1. The molecule has 0 saturated heterocycles. The molecule has 0 radical (unpaired) electrons. The molecule has 0 aliphatic carbocycles. The third-order valence-electron chi connectivity index (χ3n) is 4.57. The normalized spacial score (nSPS) is 11.1. The van der Waals surface area contributed by atoms with E-state index >= 15 is 0 Å². The Bertz CT molecular complexity index is 698. The Balaban J connectivity index is 2.62. The van der Waals surface area contributed by atoms with Crippen molar-refractivity contribution in [2.75, 3.05) is 54.7 Å². The molecule has 0 fully saturated rings. The van der Waals surface area contributed by atoms with E-state index in [2.05, 4.69) is 19.2 Å². The van der Waals surface area contributed by atoms with Gasteiger partial charge in [-0.1, -0.05) is 27.7 Å². The van der Waals surface area contributed by atoms with Gasteiger partial charge in [-0.3, -0.25) is 9.69 Å². The highest BCUT2D eigenvalue weighted by Crippen LogP contribution is 2.40. The quantitative estimate of drug-likeness (QED) is 0.393. The number of carbonyl (C=O) groups excluding carboxylic acids is 2. The number of amides is 1. The molecule has 0 aliphatic heterocycles. The lowest BCUT2D eigenvalue weighted by Gasteiger charge is -2.23. The summed E-state index contributed by atoms with van der Waals surface area (Å²) in [5, 5.41) is 3.00. The van der Waals surface area contributed by atoms with E-state index in [0.29, 0.717) is 24.6 Å². The lowest BCUT2D eigenvalue weighted by Crippen LogP contribution is -2.38. The minimum Gasteiger partial charge on any atom is -0.493 e. The second kappa shape index (κ2) is 13.0. The zero-order valence-electron chi connectivity index (χ0n) is 20.0. The number of likely N-dealkylation sites (N-methyl/N-ethyl adjacent to an activating group) is 2. The average Bonchev–Trinajstić information content (AvgIpc) is 2.73. The van der Waals surface area contributed by atoms with Crippen molar-refractivity contribution in [2.24, 2.45) is 0 Å². The van der Waals surface area contributed by atoms with Crippen LogP contribution in [-0.4, -0.2) is 82.6 Å². The van der Waals surface area contributed by atoms with Crippen LogP contribution < -0.4 is 19.5 Å². The molecule has 0 bridgehead atoms. The van der Waals surface area contributed by atoms with E-state index in [9.17, 15) is 9.59 Å². The molecular weight excluding hydrogens is 402 g/mol. The topological polar surface area (TPSA) is 89.6 Å². The maximum absolute atomic E-state index is 12.6. The summed E-state index contributed by atoms with van der Waals surface area (Å²) in [5.41, 5.74) is 1.02. The number of hydrogen-bond donors (Lipinski definition) is 1. The van der Waals surface area contributed by atoms with Gasteiger partial charge in [-0.25, -0.2) is 4.79 Å². The number of nitrogens with zero attached hydrogens (tertiary/aromatic N) is 2. The molecule has 1 N–H and O–H groups in total. The third-order valence-corrected chi connectivity index (χ3v) is 4.57. The number of nitrogens with one attached hydrogen (secondary N) is 1. The van der Waals surface area contributed by atoms with Gasteiger partial charge in [0, 0.05) is 26.2 Å². The van der Waals surface area contributed by atoms with Crippen LogP contribution in [-0.2, 0) is 9.53 Å². The molecule has 176 valence electrons. The zero-order valence-corrected chi connectivity index (χ0v) is 20.0. The summed E-state index contributed by atoms with van der Waals surface area (Å²) in [4.78, 5) is 27.5. The van der Waals surface area contributed by atoms with Crippen molar-refractivity contribution in [2.45, 2.75) is 39.7 Å². The predicted octanol–water partition coefficient (Wildman–Crippen LogP) is 2.69. The van der Waals surface area contributed by atoms with Crippen molar-refractivity contribution < 1.29 is 28.5 Å². The fraction of sp³-hybridized carbons (Fsp3) is 0.636. The van der Waals surface area contributed by atoms with Crippen molar-refractivity contribution in [1.29, 1.82) is 0 Å². The molecule has 0 aromatic heterocycles. The molecule has 1 rings (SSSR count). The van der Waals surface area contributed by atoms with E-state index in [0.717, 1.165) is 5.56 Å². The first kappa shape index (κ1) is 26.5. The van der Waals surface area contributed by atoms with E-state index < -0.39 is 6.09 Å². The fourth-order valence-electron chi connectivity index (χ4n) is 2.50. The first-order chi connectivity index (χ1) is 14.6. The standard InChI is InChI=1S/C22H37N3O6/c1-15(2)17-11-18(28-7)21(19(12-17)29-8)31-22(27)25(6)10-9-24(5)14-30-20(26)13-23-16(3)4/h11-12,15-16,23H,9-10,13-14H2,1-8H3. The first-order valence-corrected chi connectivity index (χ1v) is 10.3. The molecule has 0 heterocycles. The van der Waals surface area contributed by atoms with Gasteiger partial charge in [-0.15, -0.1) is 0 Å². The lowest BCUT2D eigenvalue weighted by atomic mass is 10.0. The summed E-state index contributed by atoms with van der Waals surface area (Å²) >= 11 is 0. The number of benzene rings is 1. The van der Waals surface area contributed by atoms with E-state index in [-0.39, 0.29) is 37.0 Å². The number of rotatable bonds is 12. The highest BCUT2D eigenvalue weighted by molar-refractivity contribution is 5.73. The number of carbonyl (C=O) groups is 2. The van der Waals surface area contributed by atoms with Gasteiger partial charge in [-0.2, -0.15) is 0 Å². The average molecular weight is 440 g/mol. The second-order valence-electron chi connectivity index (χ2n) is 7.96. The summed E-state index contributed by atoms with van der Waals surface area (Å²) in [5.74, 6) is 1.05. The van der Waals surface area contributed by atoms with Crippen molar-refractivity contribution in [3.63, 3.8) is 0 Å². The van der Waals surface area contributed by atoms with Crippen LogP contribution in [0.2, 0.25) is 0 Å². The van der Waals surface area contributed by atoms with Gasteiger partial charge >= 0.3 is 12.1 Å². The SMILES string of the molecule is COc1cc(C(C)C)cc(OC)c1OC(=O)N(C)CCN(C)COC(=O)CNC(C)C. The predicted molar refractivity (Wildman–Crippen MR) is 119 cm³/mol. The molecule has 9 nitrogen and oxygen atoms in total. The van der Waals surface area contributed by atoms with Crippen LogP contribution in [0.4, 0.5) is 4.79 Å². The largest absolute Gasteiger partial charge is 0.493 e. The Morgan fingerprint density at radius 3 is 2.06 bits per heavy atom. The van der Waals surface area contributed by atoms with Crippen LogP contribution in [0.25, 0.3) is 0 Å². The molecule has 1 amide bonds. The van der Waals surface area contributed by atoms with Crippen LogP contribution in [0.15, 0.2) is 12.1 Å². The molecule has 9 heteroatoms. The Morgan fingerprint density at radius 1 is 1.00 bits per heavy atom. The Labute approximate surface area is 185 Å². The minimum atomic E-state index is -0.541. The van der Waals surface area contributed by atoms with Crippen LogP contribution in [0.1, 0.15) is 39.2 Å². The lowest BCUT2D eigenvalue weighted by molar-refractivity contribution is -0.147. The number of methoxy groups -OCH3 is 2. The first-order valence-electron chi connectivity index (χ1n) is 10.3. The van der Waals surface area contributed by atoms with Crippen LogP contribution in [0, 0.1) is 0 Å². The van der Waals surface area contributed by atoms with Crippen molar-refractivity contribution in [3.8, 4) is 17.2 Å². The number of ether oxygens (including phenoxy) is 4. The van der Waals surface area contributed by atoms with Crippen molar-refractivity contribution in [3.05, 3.63) is 17.7 Å². The molecule has 0 aliphatic rings. The fourth-order valence-corrected chi connectivity index (χ4v) is 2.50. The maximum atomic E-state index is 12.6. The molecule has 0 unspecified atom stereocenters. The van der Waals surface area contributed by atoms with E-state index in [1.165, 1.54) is 19.1 Å². The zero-order chi connectivity index (χ0) is 23.6. The van der Waals surface area contributed by atoms with Gasteiger partial charge in [0.15, 0.2) is 11.5 Å². The molecule has 31 heavy (non-hydrogen) atoms. The van der Waals surface area contributed by atoms with Crippen molar-refractivity contribution >= 4 is 12.1 Å². The number of hydrogen-bond acceptors (Lipinski definition) is 8. The monoisotopic (exact) mass is 439 g/mol. The molecule has 0 spiro atoms. The van der Waals surface area contributed by atoms with E-state index in [1.54, 1.807) is 19.0 Å². The van der Waals surface area contributed by atoms with Crippen molar-refractivity contribution in [1.82, 2.24) is 15.1 Å². The summed E-state index contributed by atoms with van der Waals surface area (Å²) in [6.07, 6.45) is -0.541. The van der Waals surface area contributed by atoms with Gasteiger partial charge in [0.1, 0.15) is 6.73 Å². The van der Waals surface area contributed by atoms with Crippen LogP contribution >= 0.6 is 0 Å². The van der Waals surface area contributed by atoms with Gasteiger partial charge < -0.3 is 29.2 Å². The Morgan fingerprint density at radius 2 is 1.58 bits per heavy atom. The van der Waals surface area contributed by atoms with Gasteiger partial charge in [0.2, 0.25) is 5.75 Å². The smallest absolute Gasteiger partial charge is 0.415 e. The minimum absolute atomic E-state index is 0.139. The molecular formula is C22H37N3O6. The van der Waals surface area contributed by atoms with Gasteiger partial charge in [-0.05, 0) is 30.7 Å². The Hall–Kier alpha value is -2.52. The van der Waals surface area contributed by atoms with Crippen LogP contribution in [0.3, 0.4) is 0 Å². The Kier molecular flexibility index (Phi) is 11.1. The summed E-state index contributed by atoms with van der Waals surface area (Å²) in [7, 11) is 6.48. The van der Waals surface area contributed by atoms with Gasteiger partial charge in [0.05, 0.1) is 20.8 Å². The molecule has 1 aromatic carbocycles. The third kappa shape index (κ3) is 9.02.